The number of halogens is 1. The van der Waals surface area contributed by atoms with Crippen LogP contribution in [0.25, 0.3) is 0 Å². The zero-order valence-corrected chi connectivity index (χ0v) is 17.8. The first kappa shape index (κ1) is 21.7. The molecule has 11 heteroatoms. The second-order valence-electron chi connectivity index (χ2n) is 6.66. The van der Waals surface area contributed by atoms with Gasteiger partial charge in [0.15, 0.2) is 0 Å². The first-order chi connectivity index (χ1) is 13.8. The molecule has 29 heavy (non-hydrogen) atoms. The second-order valence-corrected chi connectivity index (χ2v) is 10.1. The lowest BCUT2D eigenvalue weighted by Gasteiger charge is -2.34. The van der Waals surface area contributed by atoms with Gasteiger partial charge in [-0.25, -0.2) is 8.42 Å². The maximum atomic E-state index is 12.9. The average Bonchev–Trinajstić information content (AvgIpc) is 3.23. The van der Waals surface area contributed by atoms with Crippen molar-refractivity contribution in [2.24, 2.45) is 0 Å². The Labute approximate surface area is 177 Å². The van der Waals surface area contributed by atoms with Crippen LogP contribution in [0.2, 0.25) is 5.02 Å². The Hall–Kier alpha value is -2.01. The smallest absolute Gasteiger partial charge is 0.270 e. The van der Waals surface area contributed by atoms with E-state index in [9.17, 15) is 23.3 Å². The topological polar surface area (TPSA) is 110 Å². The van der Waals surface area contributed by atoms with Crippen LogP contribution in [0.15, 0.2) is 39.9 Å². The van der Waals surface area contributed by atoms with E-state index in [-0.39, 0.29) is 28.9 Å². The highest BCUT2D eigenvalue weighted by atomic mass is 35.5. The molecule has 3 rings (SSSR count). The number of rotatable bonds is 7. The van der Waals surface area contributed by atoms with Gasteiger partial charge in [-0.15, -0.1) is 11.3 Å². The van der Waals surface area contributed by atoms with Crippen molar-refractivity contribution in [3.8, 4) is 0 Å². The van der Waals surface area contributed by atoms with E-state index in [1.165, 1.54) is 27.8 Å². The Morgan fingerprint density at radius 3 is 2.79 bits per heavy atom. The van der Waals surface area contributed by atoms with Crippen molar-refractivity contribution in [2.75, 3.05) is 13.1 Å². The van der Waals surface area contributed by atoms with Crippen molar-refractivity contribution in [1.82, 2.24) is 9.62 Å². The number of nitro groups is 1. The summed E-state index contributed by atoms with van der Waals surface area (Å²) < 4.78 is 27.6. The van der Waals surface area contributed by atoms with Crippen LogP contribution in [-0.4, -0.2) is 42.7 Å². The van der Waals surface area contributed by atoms with Gasteiger partial charge in [0.1, 0.15) is 4.21 Å². The van der Waals surface area contributed by atoms with Crippen LogP contribution in [0.4, 0.5) is 5.69 Å². The second kappa shape index (κ2) is 9.21. The summed E-state index contributed by atoms with van der Waals surface area (Å²) in [6, 6.07) is 6.78. The SMILES string of the molecule is O=C(NCCC1CCCCN1S(=O)(=O)c1cccs1)c1ccc([N+](=O)[O-])cc1Cl. The minimum Gasteiger partial charge on any atom is -0.352 e. The number of amides is 1. The summed E-state index contributed by atoms with van der Waals surface area (Å²) in [4.78, 5) is 22.5. The van der Waals surface area contributed by atoms with Crippen LogP contribution in [0.1, 0.15) is 36.0 Å². The molecule has 0 radical (unpaired) electrons. The molecular weight excluding hydrogens is 438 g/mol. The van der Waals surface area contributed by atoms with Crippen molar-refractivity contribution >= 4 is 44.6 Å². The molecule has 0 bridgehead atoms. The molecule has 0 aliphatic carbocycles. The van der Waals surface area contributed by atoms with Crippen LogP contribution in [-0.2, 0) is 10.0 Å². The predicted molar refractivity (Wildman–Crippen MR) is 111 cm³/mol. The summed E-state index contributed by atoms with van der Waals surface area (Å²) in [5.41, 5.74) is -0.0489. The van der Waals surface area contributed by atoms with E-state index < -0.39 is 20.9 Å². The molecule has 1 saturated heterocycles. The third-order valence-electron chi connectivity index (χ3n) is 4.80. The predicted octanol–water partition coefficient (Wildman–Crippen LogP) is 3.67. The number of sulfonamides is 1. The number of thiophene rings is 1. The van der Waals surface area contributed by atoms with Gasteiger partial charge in [-0.2, -0.15) is 4.31 Å². The summed E-state index contributed by atoms with van der Waals surface area (Å²) in [5, 5.41) is 15.2. The fourth-order valence-electron chi connectivity index (χ4n) is 3.35. The molecule has 8 nitrogen and oxygen atoms in total. The van der Waals surface area contributed by atoms with Gasteiger partial charge >= 0.3 is 0 Å². The van der Waals surface area contributed by atoms with Crippen LogP contribution in [0.3, 0.4) is 0 Å². The van der Waals surface area contributed by atoms with E-state index in [1.807, 2.05) is 0 Å². The molecule has 156 valence electrons. The molecule has 2 heterocycles. The quantitative estimate of drug-likeness (QED) is 0.503. The molecule has 0 spiro atoms. The third kappa shape index (κ3) is 4.95. The highest BCUT2D eigenvalue weighted by molar-refractivity contribution is 7.91. The fraction of sp³-hybridized carbons (Fsp3) is 0.389. The standard InChI is InChI=1S/C18H20ClN3O5S2/c19-16-12-14(22(24)25)6-7-15(16)18(23)20-9-8-13-4-1-2-10-21(13)29(26,27)17-5-3-11-28-17/h3,5-7,11-13H,1-2,4,8-10H2,(H,20,23). The largest absolute Gasteiger partial charge is 0.352 e. The Morgan fingerprint density at radius 2 is 2.14 bits per heavy atom. The summed E-state index contributed by atoms with van der Waals surface area (Å²) in [6.07, 6.45) is 2.95. The lowest BCUT2D eigenvalue weighted by Crippen LogP contribution is -2.44. The van der Waals surface area contributed by atoms with E-state index >= 15 is 0 Å². The molecule has 1 aromatic heterocycles. The fourth-order valence-corrected chi connectivity index (χ4v) is 6.46. The van der Waals surface area contributed by atoms with Gasteiger partial charge in [-0.05, 0) is 36.8 Å². The highest BCUT2D eigenvalue weighted by Gasteiger charge is 2.33. The Kier molecular flexibility index (Phi) is 6.89. The zero-order chi connectivity index (χ0) is 21.0. The molecule has 2 aromatic rings. The van der Waals surface area contributed by atoms with Crippen LogP contribution < -0.4 is 5.32 Å². The molecule has 0 saturated carbocycles. The monoisotopic (exact) mass is 457 g/mol. The number of hydrogen-bond donors (Lipinski definition) is 1. The van der Waals surface area contributed by atoms with Gasteiger partial charge in [-0.1, -0.05) is 24.1 Å². The lowest BCUT2D eigenvalue weighted by molar-refractivity contribution is -0.384. The van der Waals surface area contributed by atoms with Crippen molar-refractivity contribution in [3.63, 3.8) is 0 Å². The Morgan fingerprint density at radius 1 is 1.34 bits per heavy atom. The first-order valence-electron chi connectivity index (χ1n) is 9.08. The van der Waals surface area contributed by atoms with Crippen molar-refractivity contribution in [1.29, 1.82) is 0 Å². The zero-order valence-electron chi connectivity index (χ0n) is 15.4. The van der Waals surface area contributed by atoms with E-state index in [1.54, 1.807) is 17.5 Å². The summed E-state index contributed by atoms with van der Waals surface area (Å²) in [5.74, 6) is -0.451. The molecule has 1 unspecified atom stereocenters. The van der Waals surface area contributed by atoms with Crippen LogP contribution in [0.5, 0.6) is 0 Å². The molecule has 1 aliphatic rings. The molecule has 1 atom stereocenters. The molecule has 1 amide bonds. The normalized spacial score (nSPS) is 17.8. The Balaban J connectivity index is 1.63. The summed E-state index contributed by atoms with van der Waals surface area (Å²) in [7, 11) is -3.54. The highest BCUT2D eigenvalue weighted by Crippen LogP contribution is 2.29. The number of hydrogen-bond acceptors (Lipinski definition) is 6. The molecule has 1 N–H and O–H groups in total. The minimum atomic E-state index is -3.54. The van der Waals surface area contributed by atoms with E-state index in [2.05, 4.69) is 5.32 Å². The number of nitro benzene ring substituents is 1. The number of piperidine rings is 1. The molecule has 1 aliphatic heterocycles. The minimum absolute atomic E-state index is 0.00346. The van der Waals surface area contributed by atoms with E-state index in [0.29, 0.717) is 17.2 Å². The molecular formula is C18H20ClN3O5S2. The first-order valence-corrected chi connectivity index (χ1v) is 11.8. The average molecular weight is 458 g/mol. The van der Waals surface area contributed by atoms with Gasteiger partial charge in [0.05, 0.1) is 15.5 Å². The number of nitrogens with zero attached hydrogens (tertiary/aromatic N) is 2. The third-order valence-corrected chi connectivity index (χ3v) is 8.44. The summed E-state index contributed by atoms with van der Waals surface area (Å²) >= 11 is 7.18. The number of carbonyl (C=O) groups is 1. The van der Waals surface area contributed by atoms with Crippen LogP contribution in [0, 0.1) is 10.1 Å². The van der Waals surface area contributed by atoms with Crippen LogP contribution >= 0.6 is 22.9 Å². The molecule has 1 fully saturated rings. The van der Waals surface area contributed by atoms with Gasteiger partial charge in [0.25, 0.3) is 21.6 Å². The number of non-ortho nitro benzene ring substituents is 1. The van der Waals surface area contributed by atoms with Crippen molar-refractivity contribution in [2.45, 2.75) is 35.9 Å². The maximum absolute atomic E-state index is 12.9. The Bertz CT molecular complexity index is 995. The maximum Gasteiger partial charge on any atom is 0.270 e. The van der Waals surface area contributed by atoms with E-state index in [0.717, 1.165) is 25.3 Å². The number of carbonyl (C=O) groups excluding carboxylic acids is 1. The van der Waals surface area contributed by atoms with Gasteiger partial charge in [0, 0.05) is 31.3 Å². The van der Waals surface area contributed by atoms with Crippen molar-refractivity contribution in [3.05, 3.63) is 56.4 Å². The number of benzene rings is 1. The van der Waals surface area contributed by atoms with Crippen molar-refractivity contribution < 1.29 is 18.1 Å². The number of nitrogens with one attached hydrogen (secondary N) is 1. The lowest BCUT2D eigenvalue weighted by atomic mass is 10.0. The van der Waals surface area contributed by atoms with Gasteiger partial charge in [0.2, 0.25) is 0 Å². The summed E-state index contributed by atoms with van der Waals surface area (Å²) in [6.45, 7) is 0.736. The van der Waals surface area contributed by atoms with Gasteiger partial charge < -0.3 is 5.32 Å². The van der Waals surface area contributed by atoms with Gasteiger partial charge in [-0.3, -0.25) is 14.9 Å². The molecule has 1 aromatic carbocycles. The van der Waals surface area contributed by atoms with E-state index in [4.69, 9.17) is 11.6 Å².